The van der Waals surface area contributed by atoms with E-state index in [1.165, 1.54) is 42.9 Å². The van der Waals surface area contributed by atoms with Gasteiger partial charge in [0.1, 0.15) is 5.69 Å². The summed E-state index contributed by atoms with van der Waals surface area (Å²) >= 11 is 0. The molecule has 0 radical (unpaired) electrons. The first-order valence-electron chi connectivity index (χ1n) is 9.57. The predicted molar refractivity (Wildman–Crippen MR) is 95.6 cm³/mol. The average molecular weight is 347 g/mol. The summed E-state index contributed by atoms with van der Waals surface area (Å²) in [6.07, 6.45) is 9.90. The molecule has 0 spiro atoms. The summed E-state index contributed by atoms with van der Waals surface area (Å²) in [4.78, 5) is 26.8. The molecule has 6 nitrogen and oxygen atoms in total. The fraction of sp³-hybridized carbons (Fsp3) is 0.737. The van der Waals surface area contributed by atoms with Crippen LogP contribution in [0.3, 0.4) is 0 Å². The maximum absolute atomic E-state index is 13.0. The Labute approximate surface area is 149 Å². The predicted octanol–water partition coefficient (Wildman–Crippen LogP) is 2.46. The summed E-state index contributed by atoms with van der Waals surface area (Å²) < 4.78 is 6.33. The van der Waals surface area contributed by atoms with E-state index in [9.17, 15) is 9.59 Å². The number of hydrogen-bond donors (Lipinski definition) is 0. The number of methoxy groups -OCH3 is 1. The molecule has 6 heteroatoms. The van der Waals surface area contributed by atoms with E-state index < -0.39 is 0 Å². The zero-order valence-electron chi connectivity index (χ0n) is 15.2. The molecule has 1 saturated carbocycles. The minimum Gasteiger partial charge on any atom is -0.383 e. The number of aromatic nitrogens is 2. The fourth-order valence-corrected chi connectivity index (χ4v) is 4.20. The van der Waals surface area contributed by atoms with Gasteiger partial charge < -0.3 is 9.64 Å². The molecule has 2 fully saturated rings. The average Bonchev–Trinajstić information content (AvgIpc) is 3.09. The van der Waals surface area contributed by atoms with Crippen molar-refractivity contribution in [1.82, 2.24) is 14.7 Å². The molecule has 2 heterocycles. The van der Waals surface area contributed by atoms with Gasteiger partial charge in [-0.05, 0) is 31.2 Å². The molecular weight excluding hydrogens is 318 g/mol. The minimum absolute atomic E-state index is 0.0375. The highest BCUT2D eigenvalue weighted by atomic mass is 16.5. The molecule has 1 aromatic heterocycles. The largest absolute Gasteiger partial charge is 0.383 e. The van der Waals surface area contributed by atoms with Gasteiger partial charge >= 0.3 is 0 Å². The van der Waals surface area contributed by atoms with Crippen molar-refractivity contribution in [3.05, 3.63) is 28.2 Å². The summed E-state index contributed by atoms with van der Waals surface area (Å²) in [5.74, 6) is 0.722. The SMILES string of the molecule is COCCn1nc(C(=O)N2CCCC2CC2CCCCC2)ccc1=O. The number of carbonyl (C=O) groups is 1. The lowest BCUT2D eigenvalue weighted by Gasteiger charge is -2.30. The van der Waals surface area contributed by atoms with E-state index in [0.717, 1.165) is 31.7 Å². The van der Waals surface area contributed by atoms with Gasteiger partial charge in [0, 0.05) is 25.8 Å². The Morgan fingerprint density at radius 1 is 1.20 bits per heavy atom. The first-order valence-corrected chi connectivity index (χ1v) is 9.57. The van der Waals surface area contributed by atoms with Gasteiger partial charge in [-0.3, -0.25) is 9.59 Å². The molecular formula is C19H29N3O3. The van der Waals surface area contributed by atoms with Gasteiger partial charge in [-0.1, -0.05) is 32.1 Å². The molecule has 2 aliphatic rings. The number of hydrogen-bond acceptors (Lipinski definition) is 4. The molecule has 1 saturated heterocycles. The lowest BCUT2D eigenvalue weighted by molar-refractivity contribution is 0.0701. The highest BCUT2D eigenvalue weighted by Gasteiger charge is 2.32. The van der Waals surface area contributed by atoms with Gasteiger partial charge in [-0.15, -0.1) is 0 Å². The third-order valence-electron chi connectivity index (χ3n) is 5.56. The van der Waals surface area contributed by atoms with Crippen LogP contribution >= 0.6 is 0 Å². The van der Waals surface area contributed by atoms with Crippen LogP contribution in [0.15, 0.2) is 16.9 Å². The van der Waals surface area contributed by atoms with Crippen LogP contribution in [0, 0.1) is 5.92 Å². The molecule has 1 aromatic rings. The molecule has 0 aromatic carbocycles. The molecule has 3 rings (SSSR count). The summed E-state index contributed by atoms with van der Waals surface area (Å²) in [7, 11) is 1.58. The first-order chi connectivity index (χ1) is 12.2. The number of likely N-dealkylation sites (tertiary alicyclic amines) is 1. The molecule has 0 bridgehead atoms. The van der Waals surface area contributed by atoms with Crippen LogP contribution < -0.4 is 5.56 Å². The van der Waals surface area contributed by atoms with E-state index in [1.807, 2.05) is 4.90 Å². The number of ether oxygens (including phenoxy) is 1. The summed E-state index contributed by atoms with van der Waals surface area (Å²) in [5, 5.41) is 4.27. The zero-order chi connectivity index (χ0) is 17.6. The van der Waals surface area contributed by atoms with E-state index >= 15 is 0 Å². The van der Waals surface area contributed by atoms with Gasteiger partial charge in [0.2, 0.25) is 0 Å². The maximum atomic E-state index is 13.0. The van der Waals surface area contributed by atoms with Crippen LogP contribution in [0.4, 0.5) is 0 Å². The van der Waals surface area contributed by atoms with E-state index in [1.54, 1.807) is 13.2 Å². The van der Waals surface area contributed by atoms with Crippen LogP contribution in [0.2, 0.25) is 0 Å². The number of carbonyl (C=O) groups excluding carboxylic acids is 1. The van der Waals surface area contributed by atoms with E-state index in [-0.39, 0.29) is 11.5 Å². The normalized spacial score (nSPS) is 21.6. The molecule has 0 N–H and O–H groups in total. The Kier molecular flexibility index (Phi) is 6.24. The highest BCUT2D eigenvalue weighted by molar-refractivity contribution is 5.92. The molecule has 1 atom stereocenters. The third-order valence-corrected chi connectivity index (χ3v) is 5.56. The Balaban J connectivity index is 1.69. The van der Waals surface area contributed by atoms with Crippen LogP contribution in [-0.2, 0) is 11.3 Å². The van der Waals surface area contributed by atoms with Crippen molar-refractivity contribution in [3.8, 4) is 0 Å². The molecule has 1 aliphatic carbocycles. The second kappa shape index (κ2) is 8.61. The van der Waals surface area contributed by atoms with Crippen molar-refractivity contribution in [1.29, 1.82) is 0 Å². The quantitative estimate of drug-likeness (QED) is 0.793. The molecule has 1 amide bonds. The van der Waals surface area contributed by atoms with Crippen LogP contribution in [0.1, 0.15) is 61.9 Å². The monoisotopic (exact) mass is 347 g/mol. The second-order valence-electron chi connectivity index (χ2n) is 7.31. The lowest BCUT2D eigenvalue weighted by atomic mass is 9.84. The van der Waals surface area contributed by atoms with Crippen LogP contribution in [-0.4, -0.2) is 46.9 Å². The van der Waals surface area contributed by atoms with Gasteiger partial charge in [0.05, 0.1) is 13.2 Å². The molecule has 138 valence electrons. The molecule has 25 heavy (non-hydrogen) atoms. The highest BCUT2D eigenvalue weighted by Crippen LogP contribution is 2.32. The van der Waals surface area contributed by atoms with E-state index in [0.29, 0.717) is 24.9 Å². The van der Waals surface area contributed by atoms with Gasteiger partial charge in [0.15, 0.2) is 0 Å². The Hall–Kier alpha value is -1.69. The van der Waals surface area contributed by atoms with Crippen LogP contribution in [0.25, 0.3) is 0 Å². The number of amides is 1. The molecule has 1 aliphatic heterocycles. The van der Waals surface area contributed by atoms with Gasteiger partial charge in [0.25, 0.3) is 11.5 Å². The van der Waals surface area contributed by atoms with Crippen molar-refractivity contribution in [2.75, 3.05) is 20.3 Å². The Morgan fingerprint density at radius 3 is 2.76 bits per heavy atom. The Morgan fingerprint density at radius 2 is 2.00 bits per heavy atom. The van der Waals surface area contributed by atoms with Crippen molar-refractivity contribution in [2.24, 2.45) is 5.92 Å². The van der Waals surface area contributed by atoms with Crippen molar-refractivity contribution in [2.45, 2.75) is 64.0 Å². The first kappa shape index (κ1) is 18.1. The Bertz CT molecular complexity index is 637. The third kappa shape index (κ3) is 4.48. The van der Waals surface area contributed by atoms with E-state index in [4.69, 9.17) is 4.74 Å². The fourth-order valence-electron chi connectivity index (χ4n) is 4.20. The summed E-state index contributed by atoms with van der Waals surface area (Å²) in [6.45, 7) is 1.57. The smallest absolute Gasteiger partial charge is 0.274 e. The van der Waals surface area contributed by atoms with Gasteiger partial charge in [-0.25, -0.2) is 4.68 Å². The second-order valence-corrected chi connectivity index (χ2v) is 7.31. The van der Waals surface area contributed by atoms with Crippen molar-refractivity contribution < 1.29 is 9.53 Å². The summed E-state index contributed by atoms with van der Waals surface area (Å²) in [6, 6.07) is 3.32. The lowest BCUT2D eigenvalue weighted by Crippen LogP contribution is -2.38. The summed E-state index contributed by atoms with van der Waals surface area (Å²) in [5.41, 5.74) is 0.167. The number of rotatable bonds is 6. The van der Waals surface area contributed by atoms with Crippen LogP contribution in [0.5, 0.6) is 0 Å². The number of nitrogens with zero attached hydrogens (tertiary/aromatic N) is 3. The molecule has 1 unspecified atom stereocenters. The zero-order valence-corrected chi connectivity index (χ0v) is 15.2. The van der Waals surface area contributed by atoms with Crippen molar-refractivity contribution in [3.63, 3.8) is 0 Å². The van der Waals surface area contributed by atoms with Crippen molar-refractivity contribution >= 4 is 5.91 Å². The van der Waals surface area contributed by atoms with Gasteiger partial charge in [-0.2, -0.15) is 5.10 Å². The minimum atomic E-state index is -0.200. The topological polar surface area (TPSA) is 64.4 Å². The standard InChI is InChI=1S/C19H29N3O3/c1-25-13-12-22-18(23)10-9-17(20-22)19(24)21-11-5-8-16(21)14-15-6-3-2-4-7-15/h9-10,15-16H,2-8,11-14H2,1H3. The maximum Gasteiger partial charge on any atom is 0.274 e. The van der Waals surface area contributed by atoms with E-state index in [2.05, 4.69) is 5.10 Å².